The van der Waals surface area contributed by atoms with E-state index < -0.39 is 18.5 Å². The Kier molecular flexibility index (Phi) is 6.78. The molecule has 0 aromatic carbocycles. The number of fused-ring (bicyclic) bond motifs is 1. The van der Waals surface area contributed by atoms with Crippen LogP contribution in [0.3, 0.4) is 0 Å². The summed E-state index contributed by atoms with van der Waals surface area (Å²) < 4.78 is 29.6. The summed E-state index contributed by atoms with van der Waals surface area (Å²) >= 11 is 0. The number of nitrogens with zero attached hydrogens (tertiary/aromatic N) is 5. The molecule has 0 spiro atoms. The molecule has 0 radical (unpaired) electrons. The van der Waals surface area contributed by atoms with Crippen LogP contribution in [0.25, 0.3) is 5.52 Å². The van der Waals surface area contributed by atoms with Gasteiger partial charge in [-0.2, -0.15) is 5.10 Å². The summed E-state index contributed by atoms with van der Waals surface area (Å²) in [7, 11) is 0. The third-order valence-corrected chi connectivity index (χ3v) is 7.44. The van der Waals surface area contributed by atoms with Crippen LogP contribution in [-0.2, 0) is 11.3 Å². The molecule has 3 aliphatic rings. The number of rotatable bonds is 6. The Labute approximate surface area is 197 Å². The zero-order chi connectivity index (χ0) is 23.7. The maximum Gasteiger partial charge on any atom is 0.328 e. The largest absolute Gasteiger partial charge is 0.328 e. The molecule has 1 atom stereocenters. The fourth-order valence-electron chi connectivity index (χ4n) is 5.59. The zero-order valence-electron chi connectivity index (χ0n) is 19.3. The topological polar surface area (TPSA) is 73.2 Å². The quantitative estimate of drug-likeness (QED) is 0.697. The van der Waals surface area contributed by atoms with Gasteiger partial charge in [0.15, 0.2) is 0 Å². The number of piperazine rings is 1. The molecule has 1 unspecified atom stereocenters. The lowest BCUT2D eigenvalue weighted by molar-refractivity contribution is -0.120. The number of halogens is 2. The highest BCUT2D eigenvalue weighted by molar-refractivity contribution is 6.07. The molecule has 0 bridgehead atoms. The molecule has 34 heavy (non-hydrogen) atoms. The van der Waals surface area contributed by atoms with Crippen molar-refractivity contribution in [2.45, 2.75) is 57.5 Å². The summed E-state index contributed by atoms with van der Waals surface area (Å²) in [6, 6.07) is 2.71. The lowest BCUT2D eigenvalue weighted by atomic mass is 9.88. The van der Waals surface area contributed by atoms with Gasteiger partial charge in [0, 0.05) is 51.9 Å². The number of carbonyl (C=O) groups excluding carboxylic acids is 2. The van der Waals surface area contributed by atoms with Gasteiger partial charge in [0.2, 0.25) is 5.91 Å². The summed E-state index contributed by atoms with van der Waals surface area (Å²) in [4.78, 5) is 29.4. The maximum absolute atomic E-state index is 14.0. The first-order valence-corrected chi connectivity index (χ1v) is 12.3. The molecular formula is C24H32F2N6O2. The average Bonchev–Trinajstić information content (AvgIpc) is 3.24. The fraction of sp³-hybridized carbons (Fsp3) is 0.625. The number of pyridine rings is 1. The van der Waals surface area contributed by atoms with Gasteiger partial charge >= 0.3 is 6.03 Å². The number of aromatic nitrogens is 2. The van der Waals surface area contributed by atoms with Crippen molar-refractivity contribution in [1.29, 1.82) is 0 Å². The average molecular weight is 475 g/mol. The van der Waals surface area contributed by atoms with Gasteiger partial charge in [-0.15, -0.1) is 0 Å². The first-order chi connectivity index (χ1) is 16.5. The van der Waals surface area contributed by atoms with Crippen molar-refractivity contribution < 1.29 is 18.4 Å². The summed E-state index contributed by atoms with van der Waals surface area (Å²) in [5, 5.41) is 6.66. The van der Waals surface area contributed by atoms with Crippen LogP contribution in [0.2, 0.25) is 0 Å². The molecule has 3 fully saturated rings. The van der Waals surface area contributed by atoms with E-state index >= 15 is 0 Å². The highest BCUT2D eigenvalue weighted by Gasteiger charge is 2.35. The standard InChI is InChI=1S/C24H32F2N6O2/c25-23(26)21-16-29(10-11-30(21)15-17-4-2-1-3-5-17)14-18-6-9-32-19(12-18)20(13-27-32)31-8-7-22(33)28-24(31)34/h6,9,12-13,17,21,23H,1-5,7-8,10-11,14-16H2,(H,28,33,34). The van der Waals surface area contributed by atoms with Gasteiger partial charge in [-0.05, 0) is 36.5 Å². The monoisotopic (exact) mass is 474 g/mol. The predicted octanol–water partition coefficient (Wildman–Crippen LogP) is 3.11. The number of hydrogen-bond acceptors (Lipinski definition) is 5. The highest BCUT2D eigenvalue weighted by Crippen LogP contribution is 2.28. The first kappa shape index (κ1) is 23.2. The molecule has 4 heterocycles. The minimum absolute atomic E-state index is 0.239. The van der Waals surface area contributed by atoms with E-state index in [-0.39, 0.29) is 12.3 Å². The van der Waals surface area contributed by atoms with E-state index in [1.54, 1.807) is 10.7 Å². The third-order valence-electron chi connectivity index (χ3n) is 7.44. The summed E-state index contributed by atoms with van der Waals surface area (Å²) in [5.74, 6) is 0.265. The molecule has 184 valence electrons. The molecule has 1 aliphatic carbocycles. The molecule has 3 amide bonds. The molecule has 2 aliphatic heterocycles. The van der Waals surface area contributed by atoms with Crippen LogP contribution in [0, 0.1) is 5.92 Å². The molecular weight excluding hydrogens is 442 g/mol. The van der Waals surface area contributed by atoms with Gasteiger partial charge in [-0.1, -0.05) is 19.3 Å². The van der Waals surface area contributed by atoms with Crippen molar-refractivity contribution >= 4 is 23.1 Å². The number of imide groups is 1. The van der Waals surface area contributed by atoms with E-state index in [4.69, 9.17) is 0 Å². The van der Waals surface area contributed by atoms with Crippen molar-refractivity contribution in [3.63, 3.8) is 0 Å². The number of alkyl halides is 2. The molecule has 2 aromatic heterocycles. The van der Waals surface area contributed by atoms with Crippen LogP contribution in [0.5, 0.6) is 0 Å². The van der Waals surface area contributed by atoms with E-state index in [2.05, 4.69) is 15.3 Å². The Hall–Kier alpha value is -2.59. The second-order valence-electron chi connectivity index (χ2n) is 9.79. The highest BCUT2D eigenvalue weighted by atomic mass is 19.3. The van der Waals surface area contributed by atoms with E-state index in [0.29, 0.717) is 37.8 Å². The Balaban J connectivity index is 1.27. The maximum atomic E-state index is 14.0. The van der Waals surface area contributed by atoms with E-state index in [1.807, 2.05) is 23.2 Å². The second-order valence-corrected chi connectivity index (χ2v) is 9.79. The number of hydrogen-bond donors (Lipinski definition) is 1. The van der Waals surface area contributed by atoms with Gasteiger partial charge in [-0.25, -0.2) is 18.1 Å². The Morgan fingerprint density at radius 1 is 1.12 bits per heavy atom. The molecule has 2 saturated heterocycles. The van der Waals surface area contributed by atoms with Gasteiger partial charge in [0.1, 0.15) is 0 Å². The molecule has 5 rings (SSSR count). The van der Waals surface area contributed by atoms with E-state index in [1.165, 1.54) is 24.2 Å². The van der Waals surface area contributed by atoms with Crippen molar-refractivity contribution in [3.8, 4) is 0 Å². The van der Waals surface area contributed by atoms with Crippen molar-refractivity contribution in [2.75, 3.05) is 37.6 Å². The van der Waals surface area contributed by atoms with Crippen LogP contribution in [0.15, 0.2) is 24.5 Å². The Morgan fingerprint density at radius 2 is 1.94 bits per heavy atom. The minimum atomic E-state index is -2.37. The van der Waals surface area contributed by atoms with Crippen LogP contribution in [0.1, 0.15) is 44.1 Å². The minimum Gasteiger partial charge on any atom is -0.296 e. The van der Waals surface area contributed by atoms with Gasteiger partial charge in [-0.3, -0.25) is 24.8 Å². The van der Waals surface area contributed by atoms with Gasteiger partial charge < -0.3 is 0 Å². The number of urea groups is 1. The van der Waals surface area contributed by atoms with Crippen LogP contribution >= 0.6 is 0 Å². The zero-order valence-corrected chi connectivity index (χ0v) is 19.3. The predicted molar refractivity (Wildman–Crippen MR) is 124 cm³/mol. The number of anilines is 1. The molecule has 8 nitrogen and oxygen atoms in total. The summed E-state index contributed by atoms with van der Waals surface area (Å²) in [5.41, 5.74) is 2.37. The lowest BCUT2D eigenvalue weighted by Crippen LogP contribution is -2.56. The Bertz CT molecular complexity index is 1040. The fourth-order valence-corrected chi connectivity index (χ4v) is 5.59. The molecule has 10 heteroatoms. The van der Waals surface area contributed by atoms with Crippen LogP contribution in [0.4, 0.5) is 19.3 Å². The Morgan fingerprint density at radius 3 is 2.71 bits per heavy atom. The van der Waals surface area contributed by atoms with Gasteiger partial charge in [0.25, 0.3) is 6.43 Å². The van der Waals surface area contributed by atoms with E-state index in [9.17, 15) is 18.4 Å². The van der Waals surface area contributed by atoms with Crippen molar-refractivity contribution in [2.24, 2.45) is 5.92 Å². The third kappa shape index (κ3) is 4.93. The summed E-state index contributed by atoms with van der Waals surface area (Å²) in [6.07, 6.45) is 7.35. The molecule has 2 aromatic rings. The molecule has 1 saturated carbocycles. The van der Waals surface area contributed by atoms with Crippen molar-refractivity contribution in [1.82, 2.24) is 24.7 Å². The number of amides is 3. The molecule has 1 N–H and O–H groups in total. The van der Waals surface area contributed by atoms with Crippen LogP contribution in [-0.4, -0.2) is 76.5 Å². The van der Waals surface area contributed by atoms with Crippen molar-refractivity contribution in [3.05, 3.63) is 30.1 Å². The normalized spacial score (nSPS) is 23.7. The number of nitrogens with one attached hydrogen (secondary N) is 1. The van der Waals surface area contributed by atoms with Gasteiger partial charge in [0.05, 0.1) is 23.4 Å². The lowest BCUT2D eigenvalue weighted by Gasteiger charge is -2.43. The second kappa shape index (κ2) is 9.95. The number of carbonyl (C=O) groups is 2. The van der Waals surface area contributed by atoms with E-state index in [0.717, 1.165) is 37.0 Å². The van der Waals surface area contributed by atoms with Crippen LogP contribution < -0.4 is 10.2 Å². The summed E-state index contributed by atoms with van der Waals surface area (Å²) in [6.45, 7) is 3.41. The SMILES string of the molecule is O=C1CCN(c2cnn3ccc(CN4CCN(CC5CCCCC5)C(C(F)F)C4)cc23)C(=O)N1. The first-order valence-electron chi connectivity index (χ1n) is 12.3. The smallest absolute Gasteiger partial charge is 0.296 e.